The molecule has 1 aromatic heterocycles. The number of nitro groups is 1. The number of non-ortho nitro benzene ring substituents is 1. The maximum atomic E-state index is 12.0. The van der Waals surface area contributed by atoms with Crippen LogP contribution in [0.5, 0.6) is 0 Å². The Morgan fingerprint density at radius 1 is 1.35 bits per heavy atom. The normalized spacial score (nSPS) is 13.8. The highest BCUT2D eigenvalue weighted by molar-refractivity contribution is 5.62. The van der Waals surface area contributed by atoms with E-state index in [1.54, 1.807) is 16.7 Å². The summed E-state index contributed by atoms with van der Waals surface area (Å²) in [5, 5.41) is 13.9. The molecular weight excluding hydrogens is 260 g/mol. The Kier molecular flexibility index (Phi) is 3.03. The van der Waals surface area contributed by atoms with Crippen molar-refractivity contribution in [1.29, 1.82) is 0 Å². The number of hydrogen-bond acceptors (Lipinski definition) is 5. The molecule has 3 rings (SSSR count). The maximum absolute atomic E-state index is 12.0. The van der Waals surface area contributed by atoms with Gasteiger partial charge in [0.15, 0.2) is 0 Å². The van der Waals surface area contributed by atoms with Crippen molar-refractivity contribution in [3.8, 4) is 11.3 Å². The van der Waals surface area contributed by atoms with Gasteiger partial charge in [-0.3, -0.25) is 19.5 Å². The van der Waals surface area contributed by atoms with Gasteiger partial charge in [0.1, 0.15) is 5.82 Å². The van der Waals surface area contributed by atoms with Gasteiger partial charge in [-0.1, -0.05) is 12.1 Å². The zero-order valence-electron chi connectivity index (χ0n) is 10.6. The monoisotopic (exact) mass is 272 g/mol. The van der Waals surface area contributed by atoms with Crippen LogP contribution >= 0.6 is 0 Å². The average Bonchev–Trinajstić information content (AvgIpc) is 2.47. The summed E-state index contributed by atoms with van der Waals surface area (Å²) in [6, 6.07) is 7.56. The smallest absolute Gasteiger partial charge is 0.270 e. The van der Waals surface area contributed by atoms with Crippen molar-refractivity contribution in [2.75, 3.05) is 6.54 Å². The van der Waals surface area contributed by atoms with Gasteiger partial charge in [-0.2, -0.15) is 0 Å². The summed E-state index contributed by atoms with van der Waals surface area (Å²) in [6.07, 6.45) is 0. The molecule has 0 bridgehead atoms. The molecule has 0 atom stereocenters. The maximum Gasteiger partial charge on any atom is 0.270 e. The van der Waals surface area contributed by atoms with Gasteiger partial charge in [-0.15, -0.1) is 0 Å². The molecule has 0 saturated heterocycles. The highest BCUT2D eigenvalue weighted by Crippen LogP contribution is 2.21. The summed E-state index contributed by atoms with van der Waals surface area (Å²) in [4.78, 5) is 26.8. The van der Waals surface area contributed by atoms with Crippen LogP contribution < -0.4 is 10.9 Å². The molecular formula is C13H12N4O3. The Morgan fingerprint density at radius 2 is 2.20 bits per heavy atom. The summed E-state index contributed by atoms with van der Waals surface area (Å²) in [5.41, 5.74) is 0.900. The van der Waals surface area contributed by atoms with Crippen molar-refractivity contribution in [2.45, 2.75) is 13.1 Å². The molecule has 1 aromatic carbocycles. The number of nitrogens with one attached hydrogen (secondary N) is 1. The molecule has 0 unspecified atom stereocenters. The third-order valence-electron chi connectivity index (χ3n) is 3.24. The minimum Gasteiger partial charge on any atom is -0.308 e. The quantitative estimate of drug-likeness (QED) is 0.648. The van der Waals surface area contributed by atoms with Crippen LogP contribution in [-0.4, -0.2) is 21.0 Å². The zero-order valence-corrected chi connectivity index (χ0v) is 10.6. The van der Waals surface area contributed by atoms with Crippen molar-refractivity contribution in [1.82, 2.24) is 14.9 Å². The topological polar surface area (TPSA) is 90.1 Å². The Hall–Kier alpha value is -2.54. The fraction of sp³-hybridized carbons (Fsp3) is 0.231. The van der Waals surface area contributed by atoms with Gasteiger partial charge in [0.05, 0.1) is 17.2 Å². The Bertz CT molecular complexity index is 739. The van der Waals surface area contributed by atoms with E-state index >= 15 is 0 Å². The zero-order chi connectivity index (χ0) is 14.1. The van der Waals surface area contributed by atoms with E-state index in [0.717, 1.165) is 6.54 Å². The van der Waals surface area contributed by atoms with Gasteiger partial charge in [0, 0.05) is 36.9 Å². The SMILES string of the molecule is O=c1cc(-c2cccc([N+](=O)[O-])c2)nc2n1CCNC2. The molecule has 0 spiro atoms. The number of nitrogens with zero attached hydrogens (tertiary/aromatic N) is 3. The first kappa shape index (κ1) is 12.5. The van der Waals surface area contributed by atoms with Crippen molar-refractivity contribution < 1.29 is 4.92 Å². The van der Waals surface area contributed by atoms with Crippen LogP contribution in [0, 0.1) is 10.1 Å². The highest BCUT2D eigenvalue weighted by Gasteiger charge is 2.14. The molecule has 0 fully saturated rings. The van der Waals surface area contributed by atoms with E-state index in [1.807, 2.05) is 0 Å². The van der Waals surface area contributed by atoms with Gasteiger partial charge in [-0.05, 0) is 0 Å². The summed E-state index contributed by atoms with van der Waals surface area (Å²) in [7, 11) is 0. The minimum atomic E-state index is -0.462. The van der Waals surface area contributed by atoms with E-state index in [4.69, 9.17) is 0 Å². The Balaban J connectivity index is 2.11. The second-order valence-electron chi connectivity index (χ2n) is 4.53. The van der Waals surface area contributed by atoms with Crippen LogP contribution in [0.3, 0.4) is 0 Å². The average molecular weight is 272 g/mol. The van der Waals surface area contributed by atoms with E-state index in [9.17, 15) is 14.9 Å². The molecule has 0 amide bonds. The third kappa shape index (κ3) is 2.19. The van der Waals surface area contributed by atoms with Crippen LogP contribution in [0.15, 0.2) is 35.1 Å². The second kappa shape index (κ2) is 4.86. The lowest BCUT2D eigenvalue weighted by Crippen LogP contribution is -2.36. The largest absolute Gasteiger partial charge is 0.308 e. The van der Waals surface area contributed by atoms with Gasteiger partial charge >= 0.3 is 0 Å². The molecule has 1 N–H and O–H groups in total. The number of fused-ring (bicyclic) bond motifs is 1. The molecule has 20 heavy (non-hydrogen) atoms. The van der Waals surface area contributed by atoms with Crippen LogP contribution in [0.25, 0.3) is 11.3 Å². The molecule has 102 valence electrons. The first-order chi connectivity index (χ1) is 9.65. The molecule has 7 nitrogen and oxygen atoms in total. The molecule has 1 aliphatic rings. The summed E-state index contributed by atoms with van der Waals surface area (Å²) in [6.45, 7) is 1.86. The molecule has 0 radical (unpaired) electrons. The number of hydrogen-bond donors (Lipinski definition) is 1. The lowest BCUT2D eigenvalue weighted by Gasteiger charge is -2.18. The van der Waals surface area contributed by atoms with E-state index in [1.165, 1.54) is 18.2 Å². The predicted molar refractivity (Wildman–Crippen MR) is 72.3 cm³/mol. The van der Waals surface area contributed by atoms with E-state index in [-0.39, 0.29) is 11.2 Å². The second-order valence-corrected chi connectivity index (χ2v) is 4.53. The number of benzene rings is 1. The van der Waals surface area contributed by atoms with Crippen LogP contribution in [0.2, 0.25) is 0 Å². The predicted octanol–water partition coefficient (Wildman–Crippen LogP) is 0.922. The van der Waals surface area contributed by atoms with Gasteiger partial charge in [0.2, 0.25) is 0 Å². The fourth-order valence-corrected chi connectivity index (χ4v) is 2.25. The summed E-state index contributed by atoms with van der Waals surface area (Å²) in [5.74, 6) is 0.658. The van der Waals surface area contributed by atoms with Gasteiger partial charge in [0.25, 0.3) is 11.2 Å². The van der Waals surface area contributed by atoms with Gasteiger partial charge < -0.3 is 5.32 Å². The molecule has 0 aliphatic carbocycles. The van der Waals surface area contributed by atoms with E-state index in [2.05, 4.69) is 10.3 Å². The Labute approximate surface area is 114 Å². The minimum absolute atomic E-state index is 0.0137. The van der Waals surface area contributed by atoms with Crippen molar-refractivity contribution in [2.24, 2.45) is 0 Å². The molecule has 2 aromatic rings. The summed E-state index contributed by atoms with van der Waals surface area (Å²) < 4.78 is 1.62. The van der Waals surface area contributed by atoms with Crippen molar-refractivity contribution in [3.63, 3.8) is 0 Å². The number of nitro benzene ring substituents is 1. The Morgan fingerprint density at radius 3 is 3.00 bits per heavy atom. The highest BCUT2D eigenvalue weighted by atomic mass is 16.6. The fourth-order valence-electron chi connectivity index (χ4n) is 2.25. The molecule has 7 heteroatoms. The molecule has 1 aliphatic heterocycles. The lowest BCUT2D eigenvalue weighted by atomic mass is 10.1. The third-order valence-corrected chi connectivity index (χ3v) is 3.24. The first-order valence-corrected chi connectivity index (χ1v) is 6.21. The molecule has 0 saturated carbocycles. The van der Waals surface area contributed by atoms with Crippen LogP contribution in [-0.2, 0) is 13.1 Å². The number of aromatic nitrogens is 2. The lowest BCUT2D eigenvalue weighted by molar-refractivity contribution is -0.384. The van der Waals surface area contributed by atoms with Crippen molar-refractivity contribution >= 4 is 5.69 Å². The standard InChI is InChI=1S/C13H12N4O3/c18-13-7-11(15-12-8-14-4-5-16(12)13)9-2-1-3-10(6-9)17(19)20/h1-3,6-7,14H,4-5,8H2. The van der Waals surface area contributed by atoms with Crippen LogP contribution in [0.4, 0.5) is 5.69 Å². The van der Waals surface area contributed by atoms with Crippen molar-refractivity contribution in [3.05, 3.63) is 56.6 Å². The molecule has 2 heterocycles. The van der Waals surface area contributed by atoms with E-state index in [0.29, 0.717) is 30.2 Å². The number of rotatable bonds is 2. The van der Waals surface area contributed by atoms with Crippen LogP contribution in [0.1, 0.15) is 5.82 Å². The summed E-state index contributed by atoms with van der Waals surface area (Å²) >= 11 is 0. The van der Waals surface area contributed by atoms with Gasteiger partial charge in [-0.25, -0.2) is 4.98 Å². The van der Waals surface area contributed by atoms with E-state index < -0.39 is 4.92 Å². The first-order valence-electron chi connectivity index (χ1n) is 6.21.